The third-order valence-electron chi connectivity index (χ3n) is 2.93. The van der Waals surface area contributed by atoms with Gasteiger partial charge in [0, 0.05) is 43.7 Å². The fourth-order valence-electron chi connectivity index (χ4n) is 1.86. The van der Waals surface area contributed by atoms with Crippen LogP contribution >= 0.6 is 0 Å². The Hall–Kier alpha value is -2.96. The molecule has 7 heteroatoms. The predicted molar refractivity (Wildman–Crippen MR) is 82.0 cm³/mol. The molecule has 0 aliphatic carbocycles. The van der Waals surface area contributed by atoms with Gasteiger partial charge in [0.15, 0.2) is 0 Å². The van der Waals surface area contributed by atoms with Crippen molar-refractivity contribution in [3.8, 4) is 0 Å². The number of rotatable bonds is 7. The minimum atomic E-state index is -0.466. The third-order valence-corrected chi connectivity index (χ3v) is 2.93. The number of nitro groups is 1. The highest BCUT2D eigenvalue weighted by Gasteiger charge is 2.04. The molecule has 0 atom stereocenters. The van der Waals surface area contributed by atoms with Gasteiger partial charge in [0.2, 0.25) is 5.91 Å². The summed E-state index contributed by atoms with van der Waals surface area (Å²) < 4.78 is 1.80. The standard InChI is InChI=1S/C15H16N4O3/c20-15(16-8-2-10-18-11-3-9-17-18)7-6-13-4-1-5-14(12-13)19(21)22/h1,3-7,9,11-12H,2,8,10H2,(H,16,20). The molecule has 0 aliphatic heterocycles. The molecule has 7 nitrogen and oxygen atoms in total. The Morgan fingerprint density at radius 2 is 2.27 bits per heavy atom. The number of amides is 1. The summed E-state index contributed by atoms with van der Waals surface area (Å²) in [4.78, 5) is 21.8. The average Bonchev–Trinajstić information content (AvgIpc) is 3.03. The van der Waals surface area contributed by atoms with Gasteiger partial charge in [0.1, 0.15) is 0 Å². The molecule has 1 N–H and O–H groups in total. The second-order valence-electron chi connectivity index (χ2n) is 4.60. The molecule has 1 aromatic carbocycles. The summed E-state index contributed by atoms with van der Waals surface area (Å²) in [5.41, 5.74) is 0.614. The summed E-state index contributed by atoms with van der Waals surface area (Å²) in [5, 5.41) is 17.5. The Morgan fingerprint density at radius 3 is 3.00 bits per heavy atom. The summed E-state index contributed by atoms with van der Waals surface area (Å²) in [6.45, 7) is 1.28. The van der Waals surface area contributed by atoms with E-state index in [2.05, 4.69) is 10.4 Å². The number of carbonyl (C=O) groups is 1. The number of nitrogens with zero attached hydrogens (tertiary/aromatic N) is 3. The van der Waals surface area contributed by atoms with E-state index in [1.807, 2.05) is 12.3 Å². The van der Waals surface area contributed by atoms with E-state index in [9.17, 15) is 14.9 Å². The molecule has 1 heterocycles. The molecule has 114 valence electrons. The molecule has 1 aromatic heterocycles. The third kappa shape index (κ3) is 4.86. The summed E-state index contributed by atoms with van der Waals surface area (Å²) >= 11 is 0. The van der Waals surface area contributed by atoms with Crippen molar-refractivity contribution in [1.82, 2.24) is 15.1 Å². The van der Waals surface area contributed by atoms with E-state index < -0.39 is 4.92 Å². The van der Waals surface area contributed by atoms with Crippen LogP contribution in [0.1, 0.15) is 12.0 Å². The molecule has 0 unspecified atom stereocenters. The molecule has 0 saturated carbocycles. The second-order valence-corrected chi connectivity index (χ2v) is 4.60. The number of non-ortho nitro benzene ring substituents is 1. The molecule has 0 spiro atoms. The number of benzene rings is 1. The molecular weight excluding hydrogens is 284 g/mol. The van der Waals surface area contributed by atoms with E-state index in [0.717, 1.165) is 13.0 Å². The monoisotopic (exact) mass is 300 g/mol. The van der Waals surface area contributed by atoms with Gasteiger partial charge in [0.05, 0.1) is 4.92 Å². The van der Waals surface area contributed by atoms with Gasteiger partial charge in [-0.2, -0.15) is 5.10 Å². The van der Waals surface area contributed by atoms with Crippen molar-refractivity contribution >= 4 is 17.7 Å². The summed E-state index contributed by atoms with van der Waals surface area (Å²) in [7, 11) is 0. The van der Waals surface area contributed by atoms with E-state index in [-0.39, 0.29) is 11.6 Å². The molecule has 2 rings (SSSR count). The van der Waals surface area contributed by atoms with Crippen molar-refractivity contribution < 1.29 is 9.72 Å². The number of aromatic nitrogens is 2. The number of hydrogen-bond donors (Lipinski definition) is 1. The van der Waals surface area contributed by atoms with Crippen LogP contribution in [0.2, 0.25) is 0 Å². The fourth-order valence-corrected chi connectivity index (χ4v) is 1.86. The van der Waals surface area contributed by atoms with Crippen molar-refractivity contribution in [2.45, 2.75) is 13.0 Å². The first kappa shape index (κ1) is 15.4. The van der Waals surface area contributed by atoms with Crippen molar-refractivity contribution in [2.75, 3.05) is 6.54 Å². The van der Waals surface area contributed by atoms with Gasteiger partial charge in [0.25, 0.3) is 5.69 Å². The fraction of sp³-hybridized carbons (Fsp3) is 0.200. The number of nitrogens with one attached hydrogen (secondary N) is 1. The topological polar surface area (TPSA) is 90.1 Å². The highest BCUT2D eigenvalue weighted by Crippen LogP contribution is 2.13. The summed E-state index contributed by atoms with van der Waals surface area (Å²) in [6.07, 6.45) is 7.27. The SMILES string of the molecule is O=C(C=Cc1cccc([N+](=O)[O-])c1)NCCCn1cccn1. The first-order chi connectivity index (χ1) is 10.6. The number of hydrogen-bond acceptors (Lipinski definition) is 4. The van der Waals surface area contributed by atoms with Crippen LogP contribution in [0, 0.1) is 10.1 Å². The van der Waals surface area contributed by atoms with E-state index in [4.69, 9.17) is 0 Å². The van der Waals surface area contributed by atoms with Crippen LogP contribution in [0.3, 0.4) is 0 Å². The van der Waals surface area contributed by atoms with E-state index in [0.29, 0.717) is 12.1 Å². The zero-order valence-electron chi connectivity index (χ0n) is 11.9. The predicted octanol–water partition coefficient (Wildman–Crippen LogP) is 2.01. The normalized spacial score (nSPS) is 10.7. The largest absolute Gasteiger partial charge is 0.352 e. The zero-order valence-corrected chi connectivity index (χ0v) is 11.9. The molecule has 0 saturated heterocycles. The lowest BCUT2D eigenvalue weighted by Crippen LogP contribution is -2.23. The molecule has 0 bridgehead atoms. The Morgan fingerprint density at radius 1 is 1.41 bits per heavy atom. The van der Waals surface area contributed by atoms with Crippen molar-refractivity contribution in [1.29, 1.82) is 0 Å². The van der Waals surface area contributed by atoms with Crippen LogP contribution in [0.15, 0.2) is 48.8 Å². The summed E-state index contributed by atoms with van der Waals surface area (Å²) in [6, 6.07) is 7.96. The van der Waals surface area contributed by atoms with Gasteiger partial charge in [-0.3, -0.25) is 19.6 Å². The lowest BCUT2D eigenvalue weighted by Gasteiger charge is -2.02. The van der Waals surface area contributed by atoms with Gasteiger partial charge < -0.3 is 5.32 Å². The van der Waals surface area contributed by atoms with Crippen LogP contribution in [0.25, 0.3) is 6.08 Å². The molecule has 22 heavy (non-hydrogen) atoms. The highest BCUT2D eigenvalue weighted by atomic mass is 16.6. The van der Waals surface area contributed by atoms with Gasteiger partial charge >= 0.3 is 0 Å². The molecule has 2 aromatic rings. The van der Waals surface area contributed by atoms with E-state index >= 15 is 0 Å². The van der Waals surface area contributed by atoms with E-state index in [1.165, 1.54) is 18.2 Å². The smallest absolute Gasteiger partial charge is 0.270 e. The maximum Gasteiger partial charge on any atom is 0.270 e. The van der Waals surface area contributed by atoms with Crippen LogP contribution in [-0.2, 0) is 11.3 Å². The number of nitro benzene ring substituents is 1. The number of carbonyl (C=O) groups excluding carboxylic acids is 1. The van der Waals surface area contributed by atoms with Crippen LogP contribution in [0.5, 0.6) is 0 Å². The van der Waals surface area contributed by atoms with Gasteiger partial charge in [-0.25, -0.2) is 0 Å². The van der Waals surface area contributed by atoms with Crippen LogP contribution < -0.4 is 5.32 Å². The van der Waals surface area contributed by atoms with Crippen LogP contribution in [-0.4, -0.2) is 27.2 Å². The Balaban J connectivity index is 1.76. The van der Waals surface area contributed by atoms with E-state index in [1.54, 1.807) is 29.1 Å². The van der Waals surface area contributed by atoms with Gasteiger partial charge in [-0.05, 0) is 24.1 Å². The molecule has 0 fully saturated rings. The lowest BCUT2D eigenvalue weighted by atomic mass is 10.2. The molecule has 0 aliphatic rings. The first-order valence-electron chi connectivity index (χ1n) is 6.83. The Labute approximate surface area is 127 Å². The number of aryl methyl sites for hydroxylation is 1. The maximum absolute atomic E-state index is 11.6. The average molecular weight is 300 g/mol. The van der Waals surface area contributed by atoms with Crippen molar-refractivity contribution in [3.05, 3.63) is 64.5 Å². The minimum Gasteiger partial charge on any atom is -0.352 e. The molecular formula is C15H16N4O3. The lowest BCUT2D eigenvalue weighted by molar-refractivity contribution is -0.384. The first-order valence-corrected chi connectivity index (χ1v) is 6.83. The quantitative estimate of drug-likeness (QED) is 0.366. The highest BCUT2D eigenvalue weighted by molar-refractivity contribution is 5.91. The van der Waals surface area contributed by atoms with Crippen molar-refractivity contribution in [2.24, 2.45) is 0 Å². The molecule has 0 radical (unpaired) electrons. The van der Waals surface area contributed by atoms with Crippen molar-refractivity contribution in [3.63, 3.8) is 0 Å². The minimum absolute atomic E-state index is 0.00165. The molecule has 1 amide bonds. The summed E-state index contributed by atoms with van der Waals surface area (Å²) in [5.74, 6) is -0.230. The second kappa shape index (κ2) is 7.72. The zero-order chi connectivity index (χ0) is 15.8. The van der Waals surface area contributed by atoms with Gasteiger partial charge in [-0.1, -0.05) is 12.1 Å². The Bertz CT molecular complexity index is 665. The van der Waals surface area contributed by atoms with Crippen LogP contribution in [0.4, 0.5) is 5.69 Å². The van der Waals surface area contributed by atoms with Gasteiger partial charge in [-0.15, -0.1) is 0 Å². The Kier molecular flexibility index (Phi) is 5.42. The maximum atomic E-state index is 11.6.